The van der Waals surface area contributed by atoms with Crippen molar-refractivity contribution in [1.29, 1.82) is 0 Å². The van der Waals surface area contributed by atoms with E-state index in [-0.39, 0.29) is 30.1 Å². The average molecular weight is 418 g/mol. The minimum atomic E-state index is -0.273. The fraction of sp³-hybridized carbons (Fsp3) is 0.292. The molecule has 1 saturated heterocycles. The van der Waals surface area contributed by atoms with Crippen molar-refractivity contribution in [2.24, 2.45) is 5.92 Å². The second kappa shape index (κ2) is 9.04. The van der Waals surface area contributed by atoms with Gasteiger partial charge in [-0.2, -0.15) is 0 Å². The maximum absolute atomic E-state index is 12.7. The SMILES string of the molecule is Cc1ccccc1C(=O)N1CCC(C(=O)NNC(=O)Cc2c[nH]c3ccccc23)CC1. The number of hydrazine groups is 1. The normalized spacial score (nSPS) is 14.4. The standard InChI is InChI=1S/C24H26N4O3/c1-16-6-2-3-7-19(16)24(31)28-12-10-17(11-13-28)23(30)27-26-22(29)14-18-15-25-21-9-5-4-8-20(18)21/h2-9,15,17,25H,10-14H2,1H3,(H,26,29)(H,27,30). The van der Waals surface area contributed by atoms with Gasteiger partial charge < -0.3 is 9.88 Å². The molecule has 1 fully saturated rings. The molecule has 3 amide bonds. The highest BCUT2D eigenvalue weighted by Crippen LogP contribution is 2.21. The van der Waals surface area contributed by atoms with E-state index < -0.39 is 0 Å². The number of carbonyl (C=O) groups excluding carboxylic acids is 3. The van der Waals surface area contributed by atoms with Crippen LogP contribution in [0.1, 0.15) is 34.3 Å². The largest absolute Gasteiger partial charge is 0.361 e. The maximum Gasteiger partial charge on any atom is 0.254 e. The summed E-state index contributed by atoms with van der Waals surface area (Å²) in [5.74, 6) is -0.709. The van der Waals surface area contributed by atoms with Gasteiger partial charge in [-0.3, -0.25) is 25.2 Å². The monoisotopic (exact) mass is 418 g/mol. The molecule has 3 aromatic rings. The zero-order valence-electron chi connectivity index (χ0n) is 17.5. The minimum absolute atomic E-state index is 0.00369. The van der Waals surface area contributed by atoms with Gasteiger partial charge >= 0.3 is 0 Å². The first kappa shape index (κ1) is 20.7. The van der Waals surface area contributed by atoms with Crippen LogP contribution in [0.25, 0.3) is 10.9 Å². The van der Waals surface area contributed by atoms with Gasteiger partial charge in [0, 0.05) is 41.7 Å². The molecule has 0 radical (unpaired) electrons. The number of likely N-dealkylation sites (tertiary alicyclic amines) is 1. The number of H-pyrrole nitrogens is 1. The first-order valence-corrected chi connectivity index (χ1v) is 10.5. The Kier molecular flexibility index (Phi) is 6.02. The van der Waals surface area contributed by atoms with Crippen LogP contribution >= 0.6 is 0 Å². The predicted molar refractivity (Wildman–Crippen MR) is 118 cm³/mol. The lowest BCUT2D eigenvalue weighted by Gasteiger charge is -2.31. The molecule has 1 aliphatic rings. The Labute approximate surface area is 180 Å². The number of fused-ring (bicyclic) bond motifs is 1. The number of hydrogen-bond donors (Lipinski definition) is 3. The Hall–Kier alpha value is -3.61. The summed E-state index contributed by atoms with van der Waals surface area (Å²) in [4.78, 5) is 42.4. The van der Waals surface area contributed by atoms with Gasteiger partial charge in [-0.15, -0.1) is 0 Å². The zero-order chi connectivity index (χ0) is 21.8. The number of aromatic amines is 1. The third kappa shape index (κ3) is 4.60. The van der Waals surface area contributed by atoms with Crippen LogP contribution in [0.3, 0.4) is 0 Å². The number of piperidine rings is 1. The number of aromatic nitrogens is 1. The second-order valence-corrected chi connectivity index (χ2v) is 7.96. The van der Waals surface area contributed by atoms with Crippen molar-refractivity contribution < 1.29 is 14.4 Å². The summed E-state index contributed by atoms with van der Waals surface area (Å²) in [6.45, 7) is 2.97. The molecule has 3 N–H and O–H groups in total. The van der Waals surface area contributed by atoms with Crippen LogP contribution in [0.5, 0.6) is 0 Å². The van der Waals surface area contributed by atoms with Gasteiger partial charge in [-0.25, -0.2) is 0 Å². The Balaban J connectivity index is 1.25. The van der Waals surface area contributed by atoms with E-state index in [1.165, 1.54) is 0 Å². The highest BCUT2D eigenvalue weighted by atomic mass is 16.2. The van der Waals surface area contributed by atoms with E-state index in [0.717, 1.165) is 22.0 Å². The van der Waals surface area contributed by atoms with Gasteiger partial charge in [0.2, 0.25) is 11.8 Å². The molecule has 0 unspecified atom stereocenters. The Morgan fingerprint density at radius 2 is 1.71 bits per heavy atom. The number of nitrogens with zero attached hydrogens (tertiary/aromatic N) is 1. The fourth-order valence-electron chi connectivity index (χ4n) is 4.06. The number of amides is 3. The van der Waals surface area contributed by atoms with Crippen LogP contribution in [0, 0.1) is 12.8 Å². The molecule has 1 aromatic heterocycles. The van der Waals surface area contributed by atoms with E-state index >= 15 is 0 Å². The fourth-order valence-corrected chi connectivity index (χ4v) is 4.06. The zero-order valence-corrected chi connectivity index (χ0v) is 17.5. The number of hydrogen-bond acceptors (Lipinski definition) is 3. The molecule has 7 heteroatoms. The lowest BCUT2D eigenvalue weighted by Crippen LogP contribution is -2.48. The average Bonchev–Trinajstić information content (AvgIpc) is 3.20. The summed E-state index contributed by atoms with van der Waals surface area (Å²) in [7, 11) is 0. The molecule has 1 aliphatic heterocycles. The van der Waals surface area contributed by atoms with Crippen molar-refractivity contribution in [3.8, 4) is 0 Å². The number of benzene rings is 2. The van der Waals surface area contributed by atoms with E-state index in [1.54, 1.807) is 4.90 Å². The molecule has 0 aliphatic carbocycles. The number of nitrogens with one attached hydrogen (secondary N) is 3. The summed E-state index contributed by atoms with van der Waals surface area (Å²) < 4.78 is 0. The molecule has 0 saturated carbocycles. The predicted octanol–water partition coefficient (Wildman–Crippen LogP) is 2.72. The van der Waals surface area contributed by atoms with Crippen molar-refractivity contribution in [2.75, 3.05) is 13.1 Å². The molecule has 0 atom stereocenters. The van der Waals surface area contributed by atoms with Gasteiger partial charge in [0.15, 0.2) is 0 Å². The summed E-state index contributed by atoms with van der Waals surface area (Å²) in [5, 5.41) is 0.995. The number of rotatable bonds is 4. The Morgan fingerprint density at radius 1 is 1.00 bits per heavy atom. The third-order valence-electron chi connectivity index (χ3n) is 5.88. The highest BCUT2D eigenvalue weighted by molar-refractivity contribution is 5.96. The summed E-state index contributed by atoms with van der Waals surface area (Å²) in [6.07, 6.45) is 3.13. The van der Waals surface area contributed by atoms with Crippen LogP contribution in [-0.4, -0.2) is 40.7 Å². The number of para-hydroxylation sites is 1. The van der Waals surface area contributed by atoms with Gasteiger partial charge in [0.05, 0.1) is 6.42 Å². The lowest BCUT2D eigenvalue weighted by atomic mass is 9.95. The van der Waals surface area contributed by atoms with Crippen LogP contribution in [-0.2, 0) is 16.0 Å². The maximum atomic E-state index is 12.7. The molecule has 2 heterocycles. The first-order valence-electron chi connectivity index (χ1n) is 10.5. The topological polar surface area (TPSA) is 94.3 Å². The Bertz CT molecular complexity index is 1110. The molecule has 7 nitrogen and oxygen atoms in total. The summed E-state index contributed by atoms with van der Waals surface area (Å²) in [6, 6.07) is 15.3. The minimum Gasteiger partial charge on any atom is -0.361 e. The van der Waals surface area contributed by atoms with Crippen LogP contribution in [0.2, 0.25) is 0 Å². The van der Waals surface area contributed by atoms with E-state index in [0.29, 0.717) is 31.5 Å². The van der Waals surface area contributed by atoms with Crippen molar-refractivity contribution in [2.45, 2.75) is 26.2 Å². The van der Waals surface area contributed by atoms with Crippen LogP contribution < -0.4 is 10.9 Å². The van der Waals surface area contributed by atoms with Crippen molar-refractivity contribution in [1.82, 2.24) is 20.7 Å². The molecule has 31 heavy (non-hydrogen) atoms. The summed E-state index contributed by atoms with van der Waals surface area (Å²) in [5.41, 5.74) is 8.57. The molecule has 4 rings (SSSR count). The van der Waals surface area contributed by atoms with Gasteiger partial charge in [0.1, 0.15) is 0 Å². The number of aryl methyl sites for hydroxylation is 1. The Morgan fingerprint density at radius 3 is 2.48 bits per heavy atom. The highest BCUT2D eigenvalue weighted by Gasteiger charge is 2.28. The van der Waals surface area contributed by atoms with Crippen molar-refractivity contribution in [3.63, 3.8) is 0 Å². The van der Waals surface area contributed by atoms with E-state index in [4.69, 9.17) is 0 Å². The molecular formula is C24H26N4O3. The number of carbonyl (C=O) groups is 3. The van der Waals surface area contributed by atoms with Gasteiger partial charge in [-0.1, -0.05) is 36.4 Å². The van der Waals surface area contributed by atoms with Crippen LogP contribution in [0.4, 0.5) is 0 Å². The summed E-state index contributed by atoms with van der Waals surface area (Å²) >= 11 is 0. The molecule has 0 spiro atoms. The van der Waals surface area contributed by atoms with Crippen LogP contribution in [0.15, 0.2) is 54.7 Å². The van der Waals surface area contributed by atoms with Crippen molar-refractivity contribution in [3.05, 3.63) is 71.4 Å². The molecular weight excluding hydrogens is 392 g/mol. The van der Waals surface area contributed by atoms with Gasteiger partial charge in [0.25, 0.3) is 5.91 Å². The second-order valence-electron chi connectivity index (χ2n) is 7.96. The molecule has 0 bridgehead atoms. The van der Waals surface area contributed by atoms with E-state index in [2.05, 4.69) is 15.8 Å². The van der Waals surface area contributed by atoms with Crippen molar-refractivity contribution >= 4 is 28.6 Å². The van der Waals surface area contributed by atoms with E-state index in [9.17, 15) is 14.4 Å². The third-order valence-corrected chi connectivity index (χ3v) is 5.88. The van der Waals surface area contributed by atoms with Gasteiger partial charge in [-0.05, 0) is 43.0 Å². The first-order chi connectivity index (χ1) is 15.0. The lowest BCUT2D eigenvalue weighted by molar-refractivity contribution is -0.131. The smallest absolute Gasteiger partial charge is 0.254 e. The molecule has 160 valence electrons. The quantitative estimate of drug-likeness (QED) is 0.569. The molecule has 2 aromatic carbocycles. The van der Waals surface area contributed by atoms with E-state index in [1.807, 2.05) is 61.7 Å².